The van der Waals surface area contributed by atoms with Gasteiger partial charge in [0.2, 0.25) is 5.91 Å². The van der Waals surface area contributed by atoms with Gasteiger partial charge in [-0.25, -0.2) is 4.39 Å². The van der Waals surface area contributed by atoms with Crippen LogP contribution in [0.1, 0.15) is 19.8 Å². The first-order valence-corrected chi connectivity index (χ1v) is 6.15. The highest BCUT2D eigenvalue weighted by Crippen LogP contribution is 2.14. The number of likely N-dealkylation sites (tertiary alicyclic amines) is 1. The van der Waals surface area contributed by atoms with E-state index < -0.39 is 0 Å². The molecule has 1 fully saturated rings. The van der Waals surface area contributed by atoms with Gasteiger partial charge in [-0.15, -0.1) is 0 Å². The van der Waals surface area contributed by atoms with E-state index in [1.54, 1.807) is 18.2 Å². The molecule has 0 bridgehead atoms. The molecule has 4 heteroatoms. The molecular formula is C14H17FN2O. The summed E-state index contributed by atoms with van der Waals surface area (Å²) in [5.74, 6) is -0.484. The number of hydrogen-bond donors (Lipinski definition) is 1. The van der Waals surface area contributed by atoms with Crippen LogP contribution in [0.4, 0.5) is 10.1 Å². The van der Waals surface area contributed by atoms with E-state index in [-0.39, 0.29) is 11.7 Å². The van der Waals surface area contributed by atoms with E-state index in [9.17, 15) is 9.18 Å². The van der Waals surface area contributed by atoms with Crippen molar-refractivity contribution in [1.29, 1.82) is 0 Å². The summed E-state index contributed by atoms with van der Waals surface area (Å²) in [6.45, 7) is 3.98. The van der Waals surface area contributed by atoms with E-state index in [4.69, 9.17) is 0 Å². The average molecular weight is 248 g/mol. The fraction of sp³-hybridized carbons (Fsp3) is 0.357. The van der Waals surface area contributed by atoms with Gasteiger partial charge < -0.3 is 10.2 Å². The number of amides is 1. The summed E-state index contributed by atoms with van der Waals surface area (Å²) >= 11 is 0. The number of allylic oxidation sites excluding steroid dienone is 1. The van der Waals surface area contributed by atoms with E-state index in [0.717, 1.165) is 18.8 Å². The average Bonchev–Trinajstić information content (AvgIpc) is 2.85. The van der Waals surface area contributed by atoms with Crippen LogP contribution in [0.3, 0.4) is 0 Å². The first kappa shape index (κ1) is 12.6. The summed E-state index contributed by atoms with van der Waals surface area (Å²) in [5, 5.41) is 2.71. The number of anilines is 1. The molecular weight excluding hydrogens is 231 g/mol. The summed E-state index contributed by atoms with van der Waals surface area (Å²) in [6, 6.07) is 5.75. The minimum Gasteiger partial charge on any atom is -0.375 e. The fourth-order valence-electron chi connectivity index (χ4n) is 2.06. The van der Waals surface area contributed by atoms with Crippen LogP contribution in [0, 0.1) is 5.82 Å². The number of rotatable bonds is 3. The van der Waals surface area contributed by atoms with Crippen molar-refractivity contribution in [3.63, 3.8) is 0 Å². The highest BCUT2D eigenvalue weighted by atomic mass is 19.1. The lowest BCUT2D eigenvalue weighted by atomic mass is 10.3. The molecule has 1 aliphatic rings. The molecule has 0 atom stereocenters. The maximum absolute atomic E-state index is 12.7. The van der Waals surface area contributed by atoms with Gasteiger partial charge in [0.1, 0.15) is 5.82 Å². The zero-order valence-corrected chi connectivity index (χ0v) is 10.4. The molecule has 2 rings (SSSR count). The lowest BCUT2D eigenvalue weighted by molar-refractivity contribution is -0.112. The van der Waals surface area contributed by atoms with Crippen molar-refractivity contribution in [2.24, 2.45) is 0 Å². The predicted molar refractivity (Wildman–Crippen MR) is 69.6 cm³/mol. The van der Waals surface area contributed by atoms with E-state index in [2.05, 4.69) is 10.2 Å². The Kier molecular flexibility index (Phi) is 3.97. The third-order valence-corrected chi connectivity index (χ3v) is 3.06. The summed E-state index contributed by atoms with van der Waals surface area (Å²) in [4.78, 5) is 14.0. The van der Waals surface area contributed by atoms with Crippen LogP contribution in [-0.2, 0) is 4.79 Å². The Morgan fingerprint density at radius 2 is 1.89 bits per heavy atom. The Morgan fingerprint density at radius 3 is 2.50 bits per heavy atom. The zero-order valence-electron chi connectivity index (χ0n) is 10.4. The van der Waals surface area contributed by atoms with E-state index in [1.807, 2.05) is 6.92 Å². The van der Waals surface area contributed by atoms with Crippen molar-refractivity contribution in [2.75, 3.05) is 18.4 Å². The molecule has 1 aromatic rings. The number of nitrogens with zero attached hydrogens (tertiary/aromatic N) is 1. The molecule has 0 aromatic heterocycles. The molecule has 0 saturated carbocycles. The molecule has 0 unspecified atom stereocenters. The number of nitrogens with one attached hydrogen (secondary N) is 1. The molecule has 1 heterocycles. The van der Waals surface area contributed by atoms with Gasteiger partial charge in [-0.2, -0.15) is 0 Å². The van der Waals surface area contributed by atoms with Crippen molar-refractivity contribution in [3.05, 3.63) is 41.9 Å². The number of halogens is 1. The van der Waals surface area contributed by atoms with Crippen molar-refractivity contribution in [1.82, 2.24) is 4.90 Å². The molecule has 1 amide bonds. The third kappa shape index (κ3) is 3.32. The second kappa shape index (κ2) is 5.67. The molecule has 3 nitrogen and oxygen atoms in total. The molecule has 1 aromatic carbocycles. The van der Waals surface area contributed by atoms with Gasteiger partial charge in [-0.3, -0.25) is 4.79 Å². The van der Waals surface area contributed by atoms with Crippen LogP contribution in [-0.4, -0.2) is 23.9 Å². The Bertz CT molecular complexity index is 447. The largest absolute Gasteiger partial charge is 0.375 e. The molecule has 0 aliphatic carbocycles. The molecule has 18 heavy (non-hydrogen) atoms. The zero-order chi connectivity index (χ0) is 13.0. The van der Waals surface area contributed by atoms with Crippen molar-refractivity contribution in [3.8, 4) is 0 Å². The van der Waals surface area contributed by atoms with Gasteiger partial charge in [-0.1, -0.05) is 0 Å². The Morgan fingerprint density at radius 1 is 1.28 bits per heavy atom. The van der Waals surface area contributed by atoms with Crippen LogP contribution in [0.2, 0.25) is 0 Å². The van der Waals surface area contributed by atoms with Gasteiger partial charge in [0.05, 0.1) is 0 Å². The van der Waals surface area contributed by atoms with Crippen LogP contribution in [0.15, 0.2) is 36.0 Å². The first-order chi connectivity index (χ1) is 8.65. The maximum atomic E-state index is 12.7. The van der Waals surface area contributed by atoms with Crippen molar-refractivity contribution >= 4 is 11.6 Å². The summed E-state index contributed by atoms with van der Waals surface area (Å²) in [5.41, 5.74) is 1.58. The van der Waals surface area contributed by atoms with Crippen LogP contribution in [0.5, 0.6) is 0 Å². The number of benzene rings is 1. The molecule has 1 aliphatic heterocycles. The second-order valence-electron chi connectivity index (χ2n) is 4.48. The molecule has 96 valence electrons. The lowest BCUT2D eigenvalue weighted by Crippen LogP contribution is -2.19. The monoisotopic (exact) mass is 248 g/mol. The maximum Gasteiger partial charge on any atom is 0.250 e. The highest BCUT2D eigenvalue weighted by Gasteiger charge is 2.12. The topological polar surface area (TPSA) is 32.3 Å². The minimum absolute atomic E-state index is 0.175. The number of hydrogen-bond acceptors (Lipinski definition) is 2. The fourth-order valence-corrected chi connectivity index (χ4v) is 2.06. The van der Waals surface area contributed by atoms with Crippen molar-refractivity contribution in [2.45, 2.75) is 19.8 Å². The third-order valence-electron chi connectivity index (χ3n) is 3.06. The molecule has 0 spiro atoms. The SMILES string of the molecule is C/C(=C\C(=O)Nc1ccc(F)cc1)N1CCCC1. The van der Waals surface area contributed by atoms with Crippen LogP contribution < -0.4 is 5.32 Å². The summed E-state index contributed by atoms with van der Waals surface area (Å²) in [6.07, 6.45) is 3.96. The molecule has 0 radical (unpaired) electrons. The van der Waals surface area contributed by atoms with Crippen molar-refractivity contribution < 1.29 is 9.18 Å². The molecule has 1 saturated heterocycles. The standard InChI is InChI=1S/C14H17FN2O/c1-11(17-8-2-3-9-17)10-14(18)16-13-6-4-12(15)5-7-13/h4-7,10H,2-3,8-9H2,1H3,(H,16,18)/b11-10+. The Balaban J connectivity index is 1.95. The van der Waals surface area contributed by atoms with Gasteiger partial charge in [-0.05, 0) is 44.0 Å². The normalized spacial score (nSPS) is 15.9. The summed E-state index contributed by atoms with van der Waals surface area (Å²) in [7, 11) is 0. The van der Waals surface area contributed by atoms with Crippen LogP contribution >= 0.6 is 0 Å². The summed E-state index contributed by atoms with van der Waals surface area (Å²) < 4.78 is 12.7. The van der Waals surface area contributed by atoms with Gasteiger partial charge >= 0.3 is 0 Å². The lowest BCUT2D eigenvalue weighted by Gasteiger charge is -2.17. The Hall–Kier alpha value is -1.84. The minimum atomic E-state index is -0.309. The highest BCUT2D eigenvalue weighted by molar-refractivity contribution is 5.99. The second-order valence-corrected chi connectivity index (χ2v) is 4.48. The smallest absolute Gasteiger partial charge is 0.250 e. The van der Waals surface area contributed by atoms with E-state index in [1.165, 1.54) is 25.0 Å². The van der Waals surface area contributed by atoms with Gasteiger partial charge in [0, 0.05) is 30.5 Å². The number of carbonyl (C=O) groups excluding carboxylic acids is 1. The molecule has 1 N–H and O–H groups in total. The van der Waals surface area contributed by atoms with Gasteiger partial charge in [0.25, 0.3) is 0 Å². The number of carbonyl (C=O) groups is 1. The van der Waals surface area contributed by atoms with E-state index in [0.29, 0.717) is 5.69 Å². The van der Waals surface area contributed by atoms with Crippen LogP contribution in [0.25, 0.3) is 0 Å². The quantitative estimate of drug-likeness (QED) is 0.834. The Labute approximate surface area is 106 Å². The van der Waals surface area contributed by atoms with E-state index >= 15 is 0 Å². The van der Waals surface area contributed by atoms with Gasteiger partial charge in [0.15, 0.2) is 0 Å². The first-order valence-electron chi connectivity index (χ1n) is 6.15. The predicted octanol–water partition coefficient (Wildman–Crippen LogP) is 2.76.